The van der Waals surface area contributed by atoms with E-state index in [0.717, 1.165) is 42.6 Å². The minimum atomic E-state index is -1.82. The van der Waals surface area contributed by atoms with Gasteiger partial charge in [-0.3, -0.25) is 0 Å². The molecule has 0 spiro atoms. The Morgan fingerprint density at radius 1 is 1.18 bits per heavy atom. The lowest BCUT2D eigenvalue weighted by Crippen LogP contribution is -2.27. The summed E-state index contributed by atoms with van der Waals surface area (Å²) in [6, 6.07) is 5.72. The highest BCUT2D eigenvalue weighted by molar-refractivity contribution is 6.30. The molecular weight excluding hydrogens is 310 g/mol. The van der Waals surface area contributed by atoms with E-state index in [4.69, 9.17) is 36.1 Å². The van der Waals surface area contributed by atoms with E-state index in [1.54, 1.807) is 0 Å². The van der Waals surface area contributed by atoms with Gasteiger partial charge in [-0.15, -0.1) is 0 Å². The highest BCUT2D eigenvalue weighted by Crippen LogP contribution is 2.21. The summed E-state index contributed by atoms with van der Waals surface area (Å²) >= 11 is 5.88. The fourth-order valence-electron chi connectivity index (χ4n) is 1.60. The Labute approximate surface area is 135 Å². The number of carbonyl (C=O) groups is 2. The molecule has 6 nitrogen and oxygen atoms in total. The third kappa shape index (κ3) is 8.49. The summed E-state index contributed by atoms with van der Waals surface area (Å²) in [5.74, 6) is -2.72. The number of aliphatic carboxylic acids is 2. The molecule has 7 heteroatoms. The van der Waals surface area contributed by atoms with E-state index in [-0.39, 0.29) is 0 Å². The van der Waals surface area contributed by atoms with Gasteiger partial charge in [0.25, 0.3) is 0 Å². The predicted octanol–water partition coefficient (Wildman–Crippen LogP) is 2.52. The third-order valence-corrected chi connectivity index (χ3v) is 3.11. The Morgan fingerprint density at radius 2 is 1.73 bits per heavy atom. The number of aryl methyl sites for hydroxylation is 1. The maximum atomic E-state index is 9.10. The van der Waals surface area contributed by atoms with Crippen molar-refractivity contribution in [2.24, 2.45) is 0 Å². The van der Waals surface area contributed by atoms with E-state index in [1.807, 2.05) is 25.1 Å². The molecule has 0 saturated heterocycles. The number of hydrogen-bond acceptors (Lipinski definition) is 4. The van der Waals surface area contributed by atoms with Gasteiger partial charge in [-0.2, -0.15) is 0 Å². The van der Waals surface area contributed by atoms with E-state index >= 15 is 0 Å². The zero-order chi connectivity index (χ0) is 17.1. The number of carboxylic acid groups (broad SMARTS) is 2. The lowest BCUT2D eigenvalue weighted by atomic mass is 10.2. The van der Waals surface area contributed by atoms with Crippen molar-refractivity contribution in [3.63, 3.8) is 0 Å². The van der Waals surface area contributed by atoms with Crippen molar-refractivity contribution in [2.45, 2.75) is 20.8 Å². The van der Waals surface area contributed by atoms with Crippen LogP contribution in [-0.2, 0) is 9.59 Å². The van der Waals surface area contributed by atoms with Crippen LogP contribution >= 0.6 is 11.6 Å². The van der Waals surface area contributed by atoms with Crippen LogP contribution in [0.15, 0.2) is 18.2 Å². The second kappa shape index (κ2) is 10.9. The van der Waals surface area contributed by atoms with Crippen molar-refractivity contribution in [3.8, 4) is 5.75 Å². The van der Waals surface area contributed by atoms with Crippen molar-refractivity contribution in [1.29, 1.82) is 0 Å². The second-order valence-corrected chi connectivity index (χ2v) is 4.83. The summed E-state index contributed by atoms with van der Waals surface area (Å²) in [5.41, 5.74) is 1.09. The Morgan fingerprint density at radius 3 is 2.14 bits per heavy atom. The number of halogens is 1. The van der Waals surface area contributed by atoms with E-state index in [9.17, 15) is 0 Å². The third-order valence-electron chi connectivity index (χ3n) is 2.88. The van der Waals surface area contributed by atoms with E-state index in [2.05, 4.69) is 18.7 Å². The van der Waals surface area contributed by atoms with Crippen LogP contribution in [0.5, 0.6) is 5.75 Å². The van der Waals surface area contributed by atoms with Gasteiger partial charge in [-0.05, 0) is 43.8 Å². The van der Waals surface area contributed by atoms with Gasteiger partial charge in [0, 0.05) is 11.6 Å². The molecular formula is C15H22ClNO5. The van der Waals surface area contributed by atoms with Crippen LogP contribution in [0.1, 0.15) is 19.4 Å². The number of rotatable bonds is 6. The molecule has 0 heterocycles. The lowest BCUT2D eigenvalue weighted by molar-refractivity contribution is -0.159. The minimum Gasteiger partial charge on any atom is -0.492 e. The van der Waals surface area contributed by atoms with Crippen molar-refractivity contribution in [2.75, 3.05) is 26.2 Å². The van der Waals surface area contributed by atoms with Gasteiger partial charge in [-0.1, -0.05) is 25.4 Å². The average Bonchev–Trinajstić information content (AvgIpc) is 2.46. The summed E-state index contributed by atoms with van der Waals surface area (Å²) in [7, 11) is 0. The topological polar surface area (TPSA) is 87.1 Å². The molecule has 2 N–H and O–H groups in total. The molecule has 0 aliphatic carbocycles. The summed E-state index contributed by atoms with van der Waals surface area (Å²) in [6.07, 6.45) is 0. The number of nitrogens with zero attached hydrogens (tertiary/aromatic N) is 1. The number of likely N-dealkylation sites (N-methyl/N-ethyl adjacent to an activating group) is 1. The van der Waals surface area contributed by atoms with Crippen molar-refractivity contribution in [3.05, 3.63) is 28.8 Å². The van der Waals surface area contributed by atoms with Gasteiger partial charge >= 0.3 is 11.9 Å². The smallest absolute Gasteiger partial charge is 0.414 e. The SMILES string of the molecule is CCN(CC)CCOc1ccc(Cl)cc1C.O=C(O)C(=O)O. The molecule has 0 aromatic heterocycles. The first kappa shape index (κ1) is 20.2. The Balaban J connectivity index is 0.000000626. The van der Waals surface area contributed by atoms with Crippen LogP contribution in [0.3, 0.4) is 0 Å². The standard InChI is InChI=1S/C13H20ClNO.C2H2O4/c1-4-15(5-2)8-9-16-13-7-6-12(14)10-11(13)3;3-1(4)2(5)6/h6-7,10H,4-5,8-9H2,1-3H3;(H,3,4)(H,5,6). The summed E-state index contributed by atoms with van der Waals surface area (Å²) < 4.78 is 5.73. The van der Waals surface area contributed by atoms with Crippen LogP contribution in [0.25, 0.3) is 0 Å². The average molecular weight is 332 g/mol. The summed E-state index contributed by atoms with van der Waals surface area (Å²) in [6.45, 7) is 10.2. The zero-order valence-electron chi connectivity index (χ0n) is 13.0. The van der Waals surface area contributed by atoms with E-state index < -0.39 is 11.9 Å². The first-order valence-corrected chi connectivity index (χ1v) is 7.27. The molecule has 124 valence electrons. The molecule has 1 aromatic carbocycles. The molecule has 0 unspecified atom stereocenters. The zero-order valence-corrected chi connectivity index (χ0v) is 13.8. The molecule has 0 amide bonds. The van der Waals surface area contributed by atoms with Gasteiger partial charge in [0.1, 0.15) is 12.4 Å². The normalized spacial score (nSPS) is 9.86. The first-order chi connectivity index (χ1) is 10.3. The monoisotopic (exact) mass is 331 g/mol. The maximum absolute atomic E-state index is 9.10. The predicted molar refractivity (Wildman–Crippen MR) is 84.7 cm³/mol. The van der Waals surface area contributed by atoms with Crippen LogP contribution in [0.4, 0.5) is 0 Å². The molecule has 0 saturated carbocycles. The maximum Gasteiger partial charge on any atom is 0.414 e. The van der Waals surface area contributed by atoms with Crippen LogP contribution < -0.4 is 4.74 Å². The lowest BCUT2D eigenvalue weighted by Gasteiger charge is -2.18. The molecule has 22 heavy (non-hydrogen) atoms. The van der Waals surface area contributed by atoms with E-state index in [1.165, 1.54) is 0 Å². The number of benzene rings is 1. The van der Waals surface area contributed by atoms with Crippen LogP contribution in [-0.4, -0.2) is 53.3 Å². The van der Waals surface area contributed by atoms with Gasteiger partial charge in [-0.25, -0.2) is 9.59 Å². The number of carboxylic acids is 2. The van der Waals surface area contributed by atoms with Crippen molar-refractivity contribution < 1.29 is 24.5 Å². The molecule has 0 radical (unpaired) electrons. The van der Waals surface area contributed by atoms with Gasteiger partial charge < -0.3 is 19.8 Å². The number of hydrogen-bond donors (Lipinski definition) is 2. The van der Waals surface area contributed by atoms with Crippen molar-refractivity contribution in [1.82, 2.24) is 4.90 Å². The summed E-state index contributed by atoms with van der Waals surface area (Å²) in [4.78, 5) is 20.5. The molecule has 1 aromatic rings. The van der Waals surface area contributed by atoms with Gasteiger partial charge in [0.15, 0.2) is 0 Å². The molecule has 0 fully saturated rings. The van der Waals surface area contributed by atoms with Crippen LogP contribution in [0.2, 0.25) is 5.02 Å². The van der Waals surface area contributed by atoms with Gasteiger partial charge in [0.05, 0.1) is 0 Å². The minimum absolute atomic E-state index is 0.726. The second-order valence-electron chi connectivity index (χ2n) is 4.40. The largest absolute Gasteiger partial charge is 0.492 e. The summed E-state index contributed by atoms with van der Waals surface area (Å²) in [5, 5.41) is 15.5. The highest BCUT2D eigenvalue weighted by atomic mass is 35.5. The molecule has 0 bridgehead atoms. The fourth-order valence-corrected chi connectivity index (χ4v) is 1.83. The number of ether oxygens (including phenoxy) is 1. The highest BCUT2D eigenvalue weighted by Gasteiger charge is 2.04. The van der Waals surface area contributed by atoms with Crippen molar-refractivity contribution >= 4 is 23.5 Å². The van der Waals surface area contributed by atoms with E-state index in [0.29, 0.717) is 0 Å². The van der Waals surface area contributed by atoms with Gasteiger partial charge in [0.2, 0.25) is 0 Å². The molecule has 0 aliphatic heterocycles. The quantitative estimate of drug-likeness (QED) is 0.779. The first-order valence-electron chi connectivity index (χ1n) is 6.89. The molecule has 1 rings (SSSR count). The Kier molecular flexibility index (Phi) is 9.98. The van der Waals surface area contributed by atoms with Crippen LogP contribution in [0, 0.1) is 6.92 Å². The molecule has 0 atom stereocenters. The fraction of sp³-hybridized carbons (Fsp3) is 0.467. The Hall–Kier alpha value is -1.79. The Bertz CT molecular complexity index is 477. The molecule has 0 aliphatic rings.